The van der Waals surface area contributed by atoms with Gasteiger partial charge in [-0.1, -0.05) is 11.3 Å². The lowest BCUT2D eigenvalue weighted by molar-refractivity contribution is -0.118. The highest BCUT2D eigenvalue weighted by molar-refractivity contribution is 7.99. The SMILES string of the molecule is COc1ccc(SCCC(=O)N(CCn2nc(C)cc2C)c2nc3c(F)cc(F)cc3s2)cc1. The van der Waals surface area contributed by atoms with E-state index in [1.807, 2.05) is 48.9 Å². The van der Waals surface area contributed by atoms with Crippen molar-refractivity contribution in [2.75, 3.05) is 24.3 Å². The Morgan fingerprint density at radius 1 is 1.18 bits per heavy atom. The second kappa shape index (κ2) is 10.5. The molecule has 0 spiro atoms. The van der Waals surface area contributed by atoms with E-state index in [0.29, 0.717) is 28.7 Å². The Balaban J connectivity index is 1.51. The smallest absolute Gasteiger partial charge is 0.229 e. The molecule has 0 unspecified atom stereocenters. The number of aromatic nitrogens is 3. The molecule has 0 radical (unpaired) electrons. The highest BCUT2D eigenvalue weighted by atomic mass is 32.2. The number of hydrogen-bond acceptors (Lipinski definition) is 6. The number of thiazole rings is 1. The number of methoxy groups -OCH3 is 1. The first kappa shape index (κ1) is 24.2. The van der Waals surface area contributed by atoms with Crippen LogP contribution in [0.1, 0.15) is 17.8 Å². The summed E-state index contributed by atoms with van der Waals surface area (Å²) in [4.78, 5) is 20.1. The van der Waals surface area contributed by atoms with E-state index in [-0.39, 0.29) is 17.8 Å². The Kier molecular flexibility index (Phi) is 7.47. The van der Waals surface area contributed by atoms with Crippen molar-refractivity contribution in [3.8, 4) is 5.75 Å². The molecule has 4 rings (SSSR count). The van der Waals surface area contributed by atoms with Crippen LogP contribution in [0.4, 0.5) is 13.9 Å². The van der Waals surface area contributed by atoms with Crippen molar-refractivity contribution in [1.29, 1.82) is 0 Å². The van der Waals surface area contributed by atoms with Gasteiger partial charge in [0.1, 0.15) is 17.1 Å². The van der Waals surface area contributed by atoms with Crippen molar-refractivity contribution in [2.45, 2.75) is 31.7 Å². The Labute approximate surface area is 204 Å². The summed E-state index contributed by atoms with van der Waals surface area (Å²) < 4.78 is 35.3. The highest BCUT2D eigenvalue weighted by Gasteiger charge is 2.21. The van der Waals surface area contributed by atoms with Crippen molar-refractivity contribution in [3.63, 3.8) is 0 Å². The summed E-state index contributed by atoms with van der Waals surface area (Å²) in [5.74, 6) is -0.206. The molecule has 0 aliphatic heterocycles. The molecule has 0 saturated carbocycles. The maximum Gasteiger partial charge on any atom is 0.229 e. The van der Waals surface area contributed by atoms with Gasteiger partial charge in [-0.3, -0.25) is 14.4 Å². The number of halogens is 2. The minimum Gasteiger partial charge on any atom is -0.497 e. The highest BCUT2D eigenvalue weighted by Crippen LogP contribution is 2.32. The Hall–Kier alpha value is -2.98. The molecule has 2 aromatic heterocycles. The molecular weight excluding hydrogens is 478 g/mol. The number of thioether (sulfide) groups is 1. The zero-order chi connectivity index (χ0) is 24.2. The number of nitrogens with zero attached hydrogens (tertiary/aromatic N) is 4. The molecule has 34 heavy (non-hydrogen) atoms. The van der Waals surface area contributed by atoms with Crippen molar-refractivity contribution in [3.05, 3.63) is 65.5 Å². The van der Waals surface area contributed by atoms with Gasteiger partial charge in [0.25, 0.3) is 0 Å². The summed E-state index contributed by atoms with van der Waals surface area (Å²) in [6.45, 7) is 4.64. The molecule has 0 bridgehead atoms. The number of benzene rings is 2. The van der Waals surface area contributed by atoms with Gasteiger partial charge in [0.05, 0.1) is 24.0 Å². The molecule has 0 saturated heterocycles. The van der Waals surface area contributed by atoms with E-state index in [9.17, 15) is 13.6 Å². The molecule has 0 atom stereocenters. The maximum absolute atomic E-state index is 14.3. The van der Waals surface area contributed by atoms with Crippen LogP contribution in [-0.4, -0.2) is 40.1 Å². The van der Waals surface area contributed by atoms with Crippen LogP contribution in [0.5, 0.6) is 5.75 Å². The summed E-state index contributed by atoms with van der Waals surface area (Å²) in [5, 5.41) is 4.81. The predicted molar refractivity (Wildman–Crippen MR) is 132 cm³/mol. The van der Waals surface area contributed by atoms with Crippen LogP contribution in [0, 0.1) is 25.5 Å². The maximum atomic E-state index is 14.3. The van der Waals surface area contributed by atoms with E-state index in [0.717, 1.165) is 39.4 Å². The van der Waals surface area contributed by atoms with E-state index in [2.05, 4.69) is 10.1 Å². The molecule has 2 aromatic carbocycles. The molecular formula is C24H24F2N4O2S2. The molecule has 10 heteroatoms. The quantitative estimate of drug-likeness (QED) is 0.278. The van der Waals surface area contributed by atoms with Gasteiger partial charge in [0, 0.05) is 35.4 Å². The second-order valence-electron chi connectivity index (χ2n) is 7.70. The fraction of sp³-hybridized carbons (Fsp3) is 0.292. The molecule has 2 heterocycles. The third kappa shape index (κ3) is 5.56. The van der Waals surface area contributed by atoms with Crippen LogP contribution in [0.15, 0.2) is 47.4 Å². The van der Waals surface area contributed by atoms with Crippen LogP contribution >= 0.6 is 23.1 Å². The average molecular weight is 503 g/mol. The predicted octanol–water partition coefficient (Wildman–Crippen LogP) is 5.61. The first-order valence-electron chi connectivity index (χ1n) is 10.7. The van der Waals surface area contributed by atoms with Gasteiger partial charge < -0.3 is 4.74 Å². The first-order valence-corrected chi connectivity index (χ1v) is 12.5. The number of carbonyl (C=O) groups excluding carboxylic acids is 1. The van der Waals surface area contributed by atoms with Gasteiger partial charge in [0.15, 0.2) is 10.9 Å². The number of aryl methyl sites for hydroxylation is 2. The van der Waals surface area contributed by atoms with Crippen LogP contribution < -0.4 is 9.64 Å². The van der Waals surface area contributed by atoms with E-state index < -0.39 is 11.6 Å². The lowest BCUT2D eigenvalue weighted by Gasteiger charge is -2.20. The standard InChI is InChI=1S/C24H24F2N4O2S2/c1-15-12-16(2)30(28-15)10-9-29(24-27-23-20(26)13-17(25)14-21(23)34-24)22(31)8-11-33-19-6-4-18(32-3)5-7-19/h4-7,12-14H,8-11H2,1-3H3. The van der Waals surface area contributed by atoms with Crippen molar-refractivity contribution < 1.29 is 18.3 Å². The van der Waals surface area contributed by atoms with Crippen LogP contribution in [0.25, 0.3) is 10.2 Å². The fourth-order valence-corrected chi connectivity index (χ4v) is 5.44. The van der Waals surface area contributed by atoms with Gasteiger partial charge in [-0.05, 0) is 50.2 Å². The lowest BCUT2D eigenvalue weighted by atomic mass is 10.3. The third-order valence-electron chi connectivity index (χ3n) is 5.22. The third-order valence-corrected chi connectivity index (χ3v) is 7.26. The largest absolute Gasteiger partial charge is 0.497 e. The van der Waals surface area contributed by atoms with Crippen molar-refractivity contribution >= 4 is 44.4 Å². The Morgan fingerprint density at radius 2 is 1.94 bits per heavy atom. The Bertz CT molecular complexity index is 1300. The fourth-order valence-electron chi connectivity index (χ4n) is 3.55. The first-order chi connectivity index (χ1) is 16.3. The average Bonchev–Trinajstić information content (AvgIpc) is 3.36. The molecule has 0 aliphatic carbocycles. The summed E-state index contributed by atoms with van der Waals surface area (Å²) in [7, 11) is 1.61. The molecule has 1 amide bonds. The van der Waals surface area contributed by atoms with Gasteiger partial charge >= 0.3 is 0 Å². The van der Waals surface area contributed by atoms with E-state index in [4.69, 9.17) is 4.74 Å². The Morgan fingerprint density at radius 3 is 2.62 bits per heavy atom. The molecule has 178 valence electrons. The van der Waals surface area contributed by atoms with Gasteiger partial charge in [0.2, 0.25) is 5.91 Å². The van der Waals surface area contributed by atoms with Gasteiger partial charge in [-0.15, -0.1) is 11.8 Å². The number of anilines is 1. The number of rotatable bonds is 9. The van der Waals surface area contributed by atoms with Gasteiger partial charge in [-0.2, -0.15) is 5.10 Å². The van der Waals surface area contributed by atoms with E-state index >= 15 is 0 Å². The lowest BCUT2D eigenvalue weighted by Crippen LogP contribution is -2.34. The molecule has 0 fully saturated rings. The number of carbonyl (C=O) groups is 1. The second-order valence-corrected chi connectivity index (χ2v) is 9.88. The number of ether oxygens (including phenoxy) is 1. The zero-order valence-corrected chi connectivity index (χ0v) is 20.7. The van der Waals surface area contributed by atoms with Crippen molar-refractivity contribution in [1.82, 2.24) is 14.8 Å². The molecule has 0 N–H and O–H groups in total. The number of fused-ring (bicyclic) bond motifs is 1. The van der Waals surface area contributed by atoms with E-state index in [1.165, 1.54) is 6.07 Å². The number of hydrogen-bond donors (Lipinski definition) is 0. The summed E-state index contributed by atoms with van der Waals surface area (Å²) >= 11 is 2.67. The van der Waals surface area contributed by atoms with Crippen LogP contribution in [0.2, 0.25) is 0 Å². The monoisotopic (exact) mass is 502 g/mol. The van der Waals surface area contributed by atoms with Gasteiger partial charge in [-0.25, -0.2) is 13.8 Å². The topological polar surface area (TPSA) is 60.2 Å². The van der Waals surface area contributed by atoms with Crippen molar-refractivity contribution in [2.24, 2.45) is 0 Å². The molecule has 6 nitrogen and oxygen atoms in total. The molecule has 4 aromatic rings. The summed E-state index contributed by atoms with van der Waals surface area (Å²) in [6.07, 6.45) is 0.264. The number of amides is 1. The minimum atomic E-state index is -0.737. The normalized spacial score (nSPS) is 11.2. The summed E-state index contributed by atoms with van der Waals surface area (Å²) in [6, 6.07) is 11.6. The zero-order valence-electron chi connectivity index (χ0n) is 19.0. The molecule has 0 aliphatic rings. The van der Waals surface area contributed by atoms with Crippen LogP contribution in [0.3, 0.4) is 0 Å². The minimum absolute atomic E-state index is 0.0675. The summed E-state index contributed by atoms with van der Waals surface area (Å²) in [5.41, 5.74) is 1.94. The van der Waals surface area contributed by atoms with Crippen LogP contribution in [-0.2, 0) is 11.3 Å². The van der Waals surface area contributed by atoms with E-state index in [1.54, 1.807) is 23.8 Å².